The summed E-state index contributed by atoms with van der Waals surface area (Å²) in [5.74, 6) is 2.21. The Labute approximate surface area is 185 Å². The molecular weight excluding hydrogens is 414 g/mol. The van der Waals surface area contributed by atoms with Gasteiger partial charge in [-0.3, -0.25) is 0 Å². The Morgan fingerprint density at radius 2 is 2.16 bits per heavy atom. The van der Waals surface area contributed by atoms with Gasteiger partial charge in [0.2, 0.25) is 0 Å². The molecule has 0 spiro atoms. The van der Waals surface area contributed by atoms with Gasteiger partial charge >= 0.3 is 6.03 Å². The molecule has 1 aromatic carbocycles. The number of hydrogen-bond donors (Lipinski definition) is 3. The zero-order valence-electron chi connectivity index (χ0n) is 17.5. The molecular formula is C21H25N7O2S. The molecule has 1 fully saturated rings. The van der Waals surface area contributed by atoms with E-state index in [2.05, 4.69) is 32.4 Å². The summed E-state index contributed by atoms with van der Waals surface area (Å²) in [4.78, 5) is 30.8. The fourth-order valence-corrected chi connectivity index (χ4v) is 3.99. The lowest BCUT2D eigenvalue weighted by atomic mass is 10.2. The minimum absolute atomic E-state index is 0.237. The summed E-state index contributed by atoms with van der Waals surface area (Å²) in [7, 11) is 1.58. The first kappa shape index (κ1) is 21.1. The number of imidazole rings is 1. The molecule has 162 valence electrons. The van der Waals surface area contributed by atoms with Crippen molar-refractivity contribution in [2.75, 3.05) is 37.0 Å². The Bertz CT molecular complexity index is 1010. The highest BCUT2D eigenvalue weighted by Crippen LogP contribution is 2.27. The van der Waals surface area contributed by atoms with Gasteiger partial charge in [0.1, 0.15) is 5.82 Å². The molecule has 10 heteroatoms. The van der Waals surface area contributed by atoms with Crippen LogP contribution in [0.25, 0.3) is 11.4 Å². The predicted molar refractivity (Wildman–Crippen MR) is 121 cm³/mol. The number of nitrogens with one attached hydrogen (secondary N) is 3. The number of morpholine rings is 1. The lowest BCUT2D eigenvalue weighted by Gasteiger charge is -2.34. The number of amides is 2. The van der Waals surface area contributed by atoms with Crippen LogP contribution in [-0.2, 0) is 10.5 Å². The summed E-state index contributed by atoms with van der Waals surface area (Å²) >= 11 is 1.60. The number of nitrogens with zero attached hydrogens (tertiary/aromatic N) is 4. The lowest BCUT2D eigenvalue weighted by molar-refractivity contribution is 0.0985. The van der Waals surface area contributed by atoms with Crippen LogP contribution >= 0.6 is 11.8 Å². The maximum atomic E-state index is 11.5. The number of urea groups is 1. The van der Waals surface area contributed by atoms with Gasteiger partial charge in [0.05, 0.1) is 24.9 Å². The number of benzene rings is 1. The molecule has 0 aliphatic carbocycles. The average Bonchev–Trinajstić information content (AvgIpc) is 3.32. The molecule has 0 unspecified atom stereocenters. The highest BCUT2D eigenvalue weighted by Gasteiger charge is 2.22. The fourth-order valence-electron chi connectivity index (χ4n) is 3.27. The molecule has 2 amide bonds. The fraction of sp³-hybridized carbons (Fsp3) is 0.333. The van der Waals surface area contributed by atoms with Gasteiger partial charge in [-0.05, 0) is 31.2 Å². The van der Waals surface area contributed by atoms with Gasteiger partial charge in [0.15, 0.2) is 11.0 Å². The summed E-state index contributed by atoms with van der Waals surface area (Å²) in [6, 6.07) is 9.53. The molecule has 1 aliphatic rings. The van der Waals surface area contributed by atoms with E-state index < -0.39 is 0 Å². The van der Waals surface area contributed by atoms with E-state index in [9.17, 15) is 4.79 Å². The standard InChI is InChI=1S/C21H25N7O2S/c1-14-12-30-10-9-28(14)18-11-17(13-31-21-23-7-8-24-21)25-19(27-18)15-3-5-16(6-4-15)26-20(29)22-2/h3-8,11,14H,9-10,12-13H2,1-2H3,(H,23,24)(H2,22,26,29)/t14-/m0/s1. The average molecular weight is 440 g/mol. The topological polar surface area (TPSA) is 108 Å². The maximum Gasteiger partial charge on any atom is 0.318 e. The number of anilines is 2. The molecule has 0 bridgehead atoms. The molecule has 3 heterocycles. The monoisotopic (exact) mass is 439 g/mol. The van der Waals surface area contributed by atoms with Crippen LogP contribution in [0.1, 0.15) is 12.6 Å². The summed E-state index contributed by atoms with van der Waals surface area (Å²) in [5, 5.41) is 6.15. The van der Waals surface area contributed by atoms with E-state index in [4.69, 9.17) is 14.7 Å². The number of aromatic amines is 1. The van der Waals surface area contributed by atoms with Crippen molar-refractivity contribution >= 4 is 29.3 Å². The molecule has 1 aliphatic heterocycles. The Balaban J connectivity index is 1.62. The van der Waals surface area contributed by atoms with Crippen molar-refractivity contribution in [2.24, 2.45) is 0 Å². The van der Waals surface area contributed by atoms with Crippen molar-refractivity contribution in [2.45, 2.75) is 23.9 Å². The van der Waals surface area contributed by atoms with Gasteiger partial charge in [-0.25, -0.2) is 19.7 Å². The third-order valence-electron chi connectivity index (χ3n) is 4.89. The quantitative estimate of drug-likeness (QED) is 0.507. The van der Waals surface area contributed by atoms with Gasteiger partial charge in [0.25, 0.3) is 0 Å². The van der Waals surface area contributed by atoms with Gasteiger partial charge in [0, 0.05) is 49.1 Å². The molecule has 1 saturated heterocycles. The molecule has 3 N–H and O–H groups in total. The zero-order valence-corrected chi connectivity index (χ0v) is 18.3. The van der Waals surface area contributed by atoms with E-state index in [1.807, 2.05) is 36.5 Å². The first-order valence-corrected chi connectivity index (χ1v) is 11.0. The SMILES string of the molecule is CNC(=O)Nc1ccc(-c2nc(CSc3ncc[nH]3)cc(N3CCOC[C@@H]3C)n2)cc1. The van der Waals surface area contributed by atoms with Crippen LogP contribution in [0.5, 0.6) is 0 Å². The zero-order chi connectivity index (χ0) is 21.6. The van der Waals surface area contributed by atoms with E-state index >= 15 is 0 Å². The minimum Gasteiger partial charge on any atom is -0.377 e. The Kier molecular flexibility index (Phi) is 6.68. The molecule has 2 aromatic heterocycles. The van der Waals surface area contributed by atoms with Crippen LogP contribution in [0.3, 0.4) is 0 Å². The first-order valence-electron chi connectivity index (χ1n) is 10.1. The van der Waals surface area contributed by atoms with Crippen LogP contribution in [0.15, 0.2) is 47.9 Å². The Morgan fingerprint density at radius 1 is 1.32 bits per heavy atom. The van der Waals surface area contributed by atoms with E-state index in [-0.39, 0.29) is 12.1 Å². The molecule has 0 radical (unpaired) electrons. The maximum absolute atomic E-state index is 11.5. The van der Waals surface area contributed by atoms with Crippen molar-refractivity contribution in [3.63, 3.8) is 0 Å². The largest absolute Gasteiger partial charge is 0.377 e. The number of rotatable bonds is 6. The van der Waals surface area contributed by atoms with E-state index in [1.165, 1.54) is 0 Å². The number of H-pyrrole nitrogens is 1. The lowest BCUT2D eigenvalue weighted by Crippen LogP contribution is -2.44. The van der Waals surface area contributed by atoms with Crippen LogP contribution in [-0.4, -0.2) is 58.8 Å². The molecule has 9 nitrogen and oxygen atoms in total. The van der Waals surface area contributed by atoms with Crippen molar-refractivity contribution in [1.82, 2.24) is 25.3 Å². The van der Waals surface area contributed by atoms with E-state index in [0.717, 1.165) is 28.8 Å². The van der Waals surface area contributed by atoms with Gasteiger partial charge in [-0.15, -0.1) is 0 Å². The van der Waals surface area contributed by atoms with Gasteiger partial charge in [-0.1, -0.05) is 11.8 Å². The Hall–Kier alpha value is -3.11. The van der Waals surface area contributed by atoms with Gasteiger partial charge in [-0.2, -0.15) is 0 Å². The van der Waals surface area contributed by atoms with Crippen LogP contribution < -0.4 is 15.5 Å². The van der Waals surface area contributed by atoms with Crippen molar-refractivity contribution in [3.05, 3.63) is 48.4 Å². The van der Waals surface area contributed by atoms with E-state index in [0.29, 0.717) is 30.5 Å². The second kappa shape index (κ2) is 9.80. The smallest absolute Gasteiger partial charge is 0.318 e. The van der Waals surface area contributed by atoms with Gasteiger partial charge < -0.3 is 25.3 Å². The van der Waals surface area contributed by atoms with Crippen molar-refractivity contribution in [1.29, 1.82) is 0 Å². The second-order valence-electron chi connectivity index (χ2n) is 7.12. The number of hydrogen-bond acceptors (Lipinski definition) is 7. The van der Waals surface area contributed by atoms with Crippen LogP contribution in [0.4, 0.5) is 16.3 Å². The third-order valence-corrected chi connectivity index (χ3v) is 5.82. The summed E-state index contributed by atoms with van der Waals surface area (Å²) in [6.45, 7) is 4.28. The molecule has 4 rings (SSSR count). The highest BCUT2D eigenvalue weighted by molar-refractivity contribution is 7.98. The molecule has 1 atom stereocenters. The van der Waals surface area contributed by atoms with Crippen molar-refractivity contribution in [3.8, 4) is 11.4 Å². The highest BCUT2D eigenvalue weighted by atomic mass is 32.2. The predicted octanol–water partition coefficient (Wildman–Crippen LogP) is 3.14. The number of aromatic nitrogens is 4. The summed E-state index contributed by atoms with van der Waals surface area (Å²) in [6.07, 6.45) is 3.55. The summed E-state index contributed by atoms with van der Waals surface area (Å²) < 4.78 is 5.59. The minimum atomic E-state index is -0.260. The van der Waals surface area contributed by atoms with Crippen LogP contribution in [0, 0.1) is 0 Å². The number of ether oxygens (including phenoxy) is 1. The number of carbonyl (C=O) groups is 1. The second-order valence-corrected chi connectivity index (χ2v) is 8.09. The molecule has 0 saturated carbocycles. The van der Waals surface area contributed by atoms with Crippen LogP contribution in [0.2, 0.25) is 0 Å². The Morgan fingerprint density at radius 3 is 2.87 bits per heavy atom. The van der Waals surface area contributed by atoms with Crippen molar-refractivity contribution < 1.29 is 9.53 Å². The molecule has 3 aromatic rings. The first-order chi connectivity index (χ1) is 15.1. The summed E-state index contributed by atoms with van der Waals surface area (Å²) in [5.41, 5.74) is 2.51. The number of thioether (sulfide) groups is 1. The number of carbonyl (C=O) groups excluding carboxylic acids is 1. The third kappa shape index (κ3) is 5.33. The normalized spacial score (nSPS) is 16.2. The van der Waals surface area contributed by atoms with E-state index in [1.54, 1.807) is 25.0 Å². The molecule has 31 heavy (non-hydrogen) atoms.